The van der Waals surface area contributed by atoms with Crippen molar-refractivity contribution in [3.63, 3.8) is 0 Å². The van der Waals surface area contributed by atoms with E-state index in [9.17, 15) is 0 Å². The zero-order valence-corrected chi connectivity index (χ0v) is 12.6. The molecule has 0 aliphatic heterocycles. The third-order valence-electron chi connectivity index (χ3n) is 2.86. The summed E-state index contributed by atoms with van der Waals surface area (Å²) in [6.45, 7) is 3.05. The molecule has 0 radical (unpaired) electrons. The second-order valence-corrected chi connectivity index (χ2v) is 4.92. The molecule has 5 heteroatoms. The summed E-state index contributed by atoms with van der Waals surface area (Å²) in [5.74, 6) is 0.750. The van der Waals surface area contributed by atoms with Crippen LogP contribution >= 0.6 is 15.9 Å². The minimum Gasteiger partial charge on any atom is -0.495 e. The first kappa shape index (κ1) is 14.1. The van der Waals surface area contributed by atoms with Crippen LogP contribution in [0.2, 0.25) is 0 Å². The maximum Gasteiger partial charge on any atom is 0.174 e. The molecule has 1 unspecified atom stereocenters. The first-order valence-corrected chi connectivity index (χ1v) is 7.00. The van der Waals surface area contributed by atoms with Gasteiger partial charge in [-0.25, -0.2) is 0 Å². The molecule has 1 N–H and O–H groups in total. The lowest BCUT2D eigenvalue weighted by Crippen LogP contribution is -2.23. The number of pyridine rings is 1. The summed E-state index contributed by atoms with van der Waals surface area (Å²) in [5.41, 5.74) is 2.11. The molecule has 19 heavy (non-hydrogen) atoms. The fourth-order valence-electron chi connectivity index (χ4n) is 1.91. The van der Waals surface area contributed by atoms with E-state index in [-0.39, 0.29) is 6.04 Å². The Balaban J connectivity index is 2.34. The Hall–Kier alpha value is -1.33. The van der Waals surface area contributed by atoms with Crippen LogP contribution in [0.1, 0.15) is 30.5 Å². The fourth-order valence-corrected chi connectivity index (χ4v) is 2.38. The van der Waals surface area contributed by atoms with E-state index < -0.39 is 0 Å². The van der Waals surface area contributed by atoms with Gasteiger partial charge in [-0.2, -0.15) is 0 Å². The molecule has 2 aromatic heterocycles. The summed E-state index contributed by atoms with van der Waals surface area (Å²) in [4.78, 5) is 4.21. The molecular formula is C14H17BrN2O2. The predicted molar refractivity (Wildman–Crippen MR) is 77.3 cm³/mol. The molecule has 0 saturated carbocycles. The number of hydrogen-bond acceptors (Lipinski definition) is 4. The molecule has 0 spiro atoms. The van der Waals surface area contributed by atoms with Crippen LogP contribution in [0.15, 0.2) is 39.9 Å². The van der Waals surface area contributed by atoms with Gasteiger partial charge < -0.3 is 14.5 Å². The maximum atomic E-state index is 5.33. The highest BCUT2D eigenvalue weighted by Gasteiger charge is 2.19. The van der Waals surface area contributed by atoms with E-state index >= 15 is 0 Å². The molecule has 0 amide bonds. The van der Waals surface area contributed by atoms with Crippen LogP contribution in [0, 0.1) is 0 Å². The van der Waals surface area contributed by atoms with E-state index in [4.69, 9.17) is 9.15 Å². The molecule has 4 nitrogen and oxygen atoms in total. The van der Waals surface area contributed by atoms with Crippen molar-refractivity contribution >= 4 is 15.9 Å². The molecular weight excluding hydrogens is 308 g/mol. The van der Waals surface area contributed by atoms with E-state index in [1.165, 1.54) is 0 Å². The van der Waals surface area contributed by atoms with Gasteiger partial charge >= 0.3 is 0 Å². The Morgan fingerprint density at radius 2 is 2.32 bits per heavy atom. The number of aromatic nitrogens is 1. The number of ether oxygens (including phenoxy) is 1. The van der Waals surface area contributed by atoms with Crippen molar-refractivity contribution in [3.05, 3.63) is 46.6 Å². The molecule has 0 saturated heterocycles. The summed E-state index contributed by atoms with van der Waals surface area (Å²) in [7, 11) is 1.64. The van der Waals surface area contributed by atoms with Gasteiger partial charge in [0.15, 0.2) is 4.67 Å². The van der Waals surface area contributed by atoms with Gasteiger partial charge in [0.2, 0.25) is 0 Å². The molecule has 0 aromatic carbocycles. The summed E-state index contributed by atoms with van der Waals surface area (Å²) < 4.78 is 11.3. The van der Waals surface area contributed by atoms with Gasteiger partial charge in [0, 0.05) is 11.8 Å². The lowest BCUT2D eigenvalue weighted by Gasteiger charge is -2.18. The van der Waals surface area contributed by atoms with Crippen molar-refractivity contribution in [2.75, 3.05) is 13.7 Å². The average Bonchev–Trinajstić information content (AvgIpc) is 2.86. The molecule has 2 heterocycles. The third kappa shape index (κ3) is 3.36. The lowest BCUT2D eigenvalue weighted by molar-refractivity contribution is 0.411. The molecule has 0 aliphatic carbocycles. The SMILES string of the molecule is CCCNC(c1cncc(OC)c1)c1ccoc1Br. The summed E-state index contributed by atoms with van der Waals surface area (Å²) in [6.07, 6.45) is 6.27. The topological polar surface area (TPSA) is 47.3 Å². The second kappa shape index (κ2) is 6.73. The van der Waals surface area contributed by atoms with Crippen molar-refractivity contribution in [1.29, 1.82) is 0 Å². The molecule has 1 atom stereocenters. The number of hydrogen-bond donors (Lipinski definition) is 1. The quantitative estimate of drug-likeness (QED) is 0.882. The second-order valence-electron chi connectivity index (χ2n) is 4.19. The number of rotatable bonds is 6. The molecule has 0 fully saturated rings. The van der Waals surface area contributed by atoms with Crippen LogP contribution < -0.4 is 10.1 Å². The van der Waals surface area contributed by atoms with E-state index in [2.05, 4.69) is 33.2 Å². The summed E-state index contributed by atoms with van der Waals surface area (Å²) in [6, 6.07) is 3.98. The number of nitrogens with zero attached hydrogens (tertiary/aromatic N) is 1. The fraction of sp³-hybridized carbons (Fsp3) is 0.357. The minimum absolute atomic E-state index is 0.0377. The van der Waals surface area contributed by atoms with Crippen molar-refractivity contribution in [3.8, 4) is 5.75 Å². The minimum atomic E-state index is 0.0377. The Morgan fingerprint density at radius 3 is 2.95 bits per heavy atom. The Labute approximate surface area is 121 Å². The zero-order valence-electron chi connectivity index (χ0n) is 11.0. The summed E-state index contributed by atoms with van der Waals surface area (Å²) in [5, 5.41) is 3.49. The third-order valence-corrected chi connectivity index (χ3v) is 3.50. The van der Waals surface area contributed by atoms with Crippen molar-refractivity contribution in [2.24, 2.45) is 0 Å². The Bertz CT molecular complexity index is 528. The van der Waals surface area contributed by atoms with E-state index in [0.717, 1.165) is 34.5 Å². The molecule has 2 rings (SSSR count). The van der Waals surface area contributed by atoms with E-state index in [0.29, 0.717) is 0 Å². The van der Waals surface area contributed by atoms with Crippen LogP contribution in [0.3, 0.4) is 0 Å². The Kier molecular flexibility index (Phi) is 4.99. The predicted octanol–water partition coefficient (Wildman–Crippen LogP) is 3.53. The van der Waals surface area contributed by atoms with Crippen LogP contribution in [0.4, 0.5) is 0 Å². The van der Waals surface area contributed by atoms with Crippen LogP contribution in [-0.2, 0) is 0 Å². The van der Waals surface area contributed by atoms with Gasteiger partial charge in [-0.3, -0.25) is 4.98 Å². The normalized spacial score (nSPS) is 12.4. The van der Waals surface area contributed by atoms with Crippen LogP contribution in [0.5, 0.6) is 5.75 Å². The largest absolute Gasteiger partial charge is 0.495 e. The highest BCUT2D eigenvalue weighted by Crippen LogP contribution is 2.30. The molecule has 0 aliphatic rings. The number of furan rings is 1. The summed E-state index contributed by atoms with van der Waals surface area (Å²) >= 11 is 3.43. The van der Waals surface area contributed by atoms with E-state index in [1.54, 1.807) is 19.6 Å². The highest BCUT2D eigenvalue weighted by atomic mass is 79.9. The van der Waals surface area contributed by atoms with Gasteiger partial charge in [0.05, 0.1) is 25.6 Å². The van der Waals surface area contributed by atoms with Gasteiger partial charge in [-0.15, -0.1) is 0 Å². The zero-order chi connectivity index (χ0) is 13.7. The maximum absolute atomic E-state index is 5.33. The number of nitrogens with one attached hydrogen (secondary N) is 1. The van der Waals surface area contributed by atoms with Gasteiger partial charge in [-0.1, -0.05) is 6.92 Å². The van der Waals surface area contributed by atoms with Crippen LogP contribution in [0.25, 0.3) is 0 Å². The van der Waals surface area contributed by atoms with Crippen LogP contribution in [-0.4, -0.2) is 18.6 Å². The number of halogens is 1. The molecule has 0 bridgehead atoms. The number of methoxy groups -OCH3 is 1. The van der Waals surface area contributed by atoms with Gasteiger partial charge in [0.1, 0.15) is 5.75 Å². The smallest absolute Gasteiger partial charge is 0.174 e. The van der Waals surface area contributed by atoms with E-state index in [1.807, 2.05) is 18.3 Å². The Morgan fingerprint density at radius 1 is 1.47 bits per heavy atom. The molecule has 102 valence electrons. The van der Waals surface area contributed by atoms with Gasteiger partial charge in [-0.05, 0) is 46.6 Å². The standard InChI is InChI=1S/C14H17BrN2O2/c1-3-5-17-13(12-4-6-19-14(12)15)10-7-11(18-2)9-16-8-10/h4,6-9,13,17H,3,5H2,1-2H3. The van der Waals surface area contributed by atoms with Crippen molar-refractivity contribution in [2.45, 2.75) is 19.4 Å². The lowest BCUT2D eigenvalue weighted by atomic mass is 10.0. The highest BCUT2D eigenvalue weighted by molar-refractivity contribution is 9.10. The average molecular weight is 325 g/mol. The van der Waals surface area contributed by atoms with Crippen molar-refractivity contribution < 1.29 is 9.15 Å². The molecule has 2 aromatic rings. The first-order chi connectivity index (χ1) is 9.26. The first-order valence-electron chi connectivity index (χ1n) is 6.21. The van der Waals surface area contributed by atoms with Crippen molar-refractivity contribution in [1.82, 2.24) is 10.3 Å². The van der Waals surface area contributed by atoms with Gasteiger partial charge in [0.25, 0.3) is 0 Å². The monoisotopic (exact) mass is 324 g/mol.